The van der Waals surface area contributed by atoms with E-state index >= 15 is 0 Å². The van der Waals surface area contributed by atoms with E-state index in [1.807, 2.05) is 103 Å². The lowest BCUT2D eigenvalue weighted by molar-refractivity contribution is -0.122. The quantitative estimate of drug-likeness (QED) is 0.215. The van der Waals surface area contributed by atoms with Gasteiger partial charge in [-0.25, -0.2) is 4.90 Å². The average Bonchev–Trinajstić information content (AvgIpc) is 3.43. The first-order chi connectivity index (χ1) is 17.7. The van der Waals surface area contributed by atoms with E-state index in [0.29, 0.717) is 11.3 Å². The number of furan rings is 1. The highest BCUT2D eigenvalue weighted by molar-refractivity contribution is 6.23. The maximum atomic E-state index is 14.1. The highest BCUT2D eigenvalue weighted by atomic mass is 16.3. The van der Waals surface area contributed by atoms with Crippen molar-refractivity contribution in [2.24, 2.45) is 11.8 Å². The minimum atomic E-state index is -0.471. The van der Waals surface area contributed by atoms with Crippen molar-refractivity contribution in [1.29, 1.82) is 0 Å². The van der Waals surface area contributed by atoms with Crippen LogP contribution in [0.25, 0.3) is 21.9 Å². The zero-order chi connectivity index (χ0) is 24.2. The third kappa shape index (κ3) is 3.07. The topological polar surface area (TPSA) is 50.5 Å². The summed E-state index contributed by atoms with van der Waals surface area (Å²) in [6.07, 6.45) is 4.23. The normalized spacial score (nSPS) is 23.5. The first-order valence-electron chi connectivity index (χ1n) is 12.3. The van der Waals surface area contributed by atoms with Crippen molar-refractivity contribution < 1.29 is 14.0 Å². The van der Waals surface area contributed by atoms with E-state index in [2.05, 4.69) is 12.2 Å². The molecular weight excluding hydrogens is 446 g/mol. The molecule has 4 nitrogen and oxygen atoms in total. The van der Waals surface area contributed by atoms with Crippen molar-refractivity contribution >= 4 is 39.4 Å². The summed E-state index contributed by atoms with van der Waals surface area (Å²) in [6, 6.07) is 33.5. The summed E-state index contributed by atoms with van der Waals surface area (Å²) in [5.74, 6) is -1.57. The molecule has 4 atom stereocenters. The molecule has 1 fully saturated rings. The van der Waals surface area contributed by atoms with E-state index in [1.165, 1.54) is 4.90 Å². The lowest BCUT2D eigenvalue weighted by atomic mass is 9.68. The lowest BCUT2D eigenvalue weighted by Crippen LogP contribution is -2.31. The molecule has 2 amide bonds. The van der Waals surface area contributed by atoms with Crippen molar-refractivity contribution in [2.45, 2.75) is 11.8 Å². The Balaban J connectivity index is 1.36. The Labute approximate surface area is 208 Å². The van der Waals surface area contributed by atoms with E-state index in [0.717, 1.165) is 27.5 Å². The van der Waals surface area contributed by atoms with Gasteiger partial charge in [0.2, 0.25) is 11.8 Å². The third-order valence-electron chi connectivity index (χ3n) is 7.69. The van der Waals surface area contributed by atoms with Crippen LogP contribution in [-0.2, 0) is 9.59 Å². The molecule has 174 valence electrons. The molecule has 0 bridgehead atoms. The Kier molecular flexibility index (Phi) is 4.68. The molecule has 0 radical (unpaired) electrons. The Morgan fingerprint density at radius 2 is 1.08 bits per heavy atom. The van der Waals surface area contributed by atoms with Gasteiger partial charge in [0.15, 0.2) is 0 Å². The summed E-state index contributed by atoms with van der Waals surface area (Å²) >= 11 is 0. The first kappa shape index (κ1) is 20.9. The molecule has 4 aromatic carbocycles. The zero-order valence-electron chi connectivity index (χ0n) is 19.5. The van der Waals surface area contributed by atoms with Gasteiger partial charge in [0.25, 0.3) is 0 Å². The summed E-state index contributed by atoms with van der Waals surface area (Å²) in [5.41, 5.74) is 4.11. The van der Waals surface area contributed by atoms with E-state index in [9.17, 15) is 9.59 Å². The van der Waals surface area contributed by atoms with Gasteiger partial charge in [-0.1, -0.05) is 91.0 Å². The predicted octanol–water partition coefficient (Wildman–Crippen LogP) is 6.83. The van der Waals surface area contributed by atoms with Crippen molar-refractivity contribution in [3.8, 4) is 0 Å². The number of para-hydroxylation sites is 1. The van der Waals surface area contributed by atoms with E-state index in [1.54, 1.807) is 0 Å². The summed E-state index contributed by atoms with van der Waals surface area (Å²) in [4.78, 5) is 29.5. The number of amides is 2. The number of allylic oxidation sites excluding steroid dienone is 2. The van der Waals surface area contributed by atoms with Crippen LogP contribution in [0.4, 0.5) is 5.69 Å². The highest BCUT2D eigenvalue weighted by Crippen LogP contribution is 2.50. The largest absolute Gasteiger partial charge is 0.456 e. The molecular formula is C32H23NO3. The highest BCUT2D eigenvalue weighted by Gasteiger charge is 2.55. The zero-order valence-corrected chi connectivity index (χ0v) is 19.5. The second-order valence-corrected chi connectivity index (χ2v) is 9.60. The average molecular weight is 470 g/mol. The molecule has 0 unspecified atom stereocenters. The molecule has 0 spiro atoms. The second-order valence-electron chi connectivity index (χ2n) is 9.60. The molecule has 7 rings (SSSR count). The number of anilines is 1. The standard InChI is InChI=1S/C32H23NO3/c34-31-29-23(20-9-3-1-4-10-20)17-18-24(21-11-5-2-6-12-21)30(29)32(35)33(31)22-15-16-26-25-13-7-8-14-27(25)36-28(26)19-22/h1-19,23-24,29-30H/t23-,24+,29-,30-/m1/s1. The molecule has 2 heterocycles. The number of fused-ring (bicyclic) bond motifs is 4. The van der Waals surface area contributed by atoms with Crippen molar-refractivity contribution in [3.05, 3.63) is 126 Å². The maximum absolute atomic E-state index is 14.1. The Bertz CT molecular complexity index is 1580. The number of hydrogen-bond acceptors (Lipinski definition) is 3. The first-order valence-corrected chi connectivity index (χ1v) is 12.3. The molecule has 1 saturated heterocycles. The van der Waals surface area contributed by atoms with Crippen LogP contribution in [0.1, 0.15) is 23.0 Å². The fourth-order valence-electron chi connectivity index (χ4n) is 6.04. The van der Waals surface area contributed by atoms with Crippen molar-refractivity contribution in [1.82, 2.24) is 0 Å². The number of benzene rings is 4. The van der Waals surface area contributed by atoms with Gasteiger partial charge in [0.1, 0.15) is 11.2 Å². The SMILES string of the molecule is O=C1[C@H]2[C@H](C(=O)N1c1ccc3c(c1)oc1ccccc13)[C@H](c1ccccc1)C=C[C@@H]2c1ccccc1. The van der Waals surface area contributed by atoms with Crippen molar-refractivity contribution in [3.63, 3.8) is 0 Å². The van der Waals surface area contributed by atoms with E-state index < -0.39 is 11.8 Å². The number of rotatable bonds is 3. The number of imide groups is 1. The van der Waals surface area contributed by atoms with Crippen LogP contribution in [0.15, 0.2) is 120 Å². The molecule has 1 aromatic heterocycles. The van der Waals surface area contributed by atoms with Crippen LogP contribution in [0.3, 0.4) is 0 Å². The fourth-order valence-corrected chi connectivity index (χ4v) is 6.04. The molecule has 4 heteroatoms. The van der Waals surface area contributed by atoms with Crippen LogP contribution in [0.5, 0.6) is 0 Å². The van der Waals surface area contributed by atoms with Crippen LogP contribution in [-0.4, -0.2) is 11.8 Å². The smallest absolute Gasteiger partial charge is 0.238 e. The monoisotopic (exact) mass is 469 g/mol. The van der Waals surface area contributed by atoms with Crippen LogP contribution < -0.4 is 4.90 Å². The van der Waals surface area contributed by atoms with E-state index in [-0.39, 0.29) is 23.7 Å². The number of carbonyl (C=O) groups excluding carboxylic acids is 2. The van der Waals surface area contributed by atoms with Crippen molar-refractivity contribution in [2.75, 3.05) is 4.90 Å². The minimum absolute atomic E-state index is 0.153. The Hall–Kier alpha value is -4.44. The molecule has 2 aliphatic rings. The minimum Gasteiger partial charge on any atom is -0.456 e. The Morgan fingerprint density at radius 3 is 1.69 bits per heavy atom. The van der Waals surface area contributed by atoms with Gasteiger partial charge in [0.05, 0.1) is 17.5 Å². The molecule has 1 aliphatic carbocycles. The van der Waals surface area contributed by atoms with Crippen LogP contribution in [0, 0.1) is 11.8 Å². The van der Waals surface area contributed by atoms with Gasteiger partial charge < -0.3 is 4.42 Å². The van der Waals surface area contributed by atoms with Gasteiger partial charge in [-0.3, -0.25) is 9.59 Å². The third-order valence-corrected chi connectivity index (χ3v) is 7.69. The number of hydrogen-bond donors (Lipinski definition) is 0. The van der Waals surface area contributed by atoms with Crippen LogP contribution in [0.2, 0.25) is 0 Å². The Morgan fingerprint density at radius 1 is 0.556 bits per heavy atom. The van der Waals surface area contributed by atoms with Gasteiger partial charge in [-0.2, -0.15) is 0 Å². The lowest BCUT2D eigenvalue weighted by Gasteiger charge is -2.32. The van der Waals surface area contributed by atoms with Gasteiger partial charge in [-0.05, 0) is 29.3 Å². The van der Waals surface area contributed by atoms with Gasteiger partial charge >= 0.3 is 0 Å². The molecule has 0 saturated carbocycles. The maximum Gasteiger partial charge on any atom is 0.238 e. The molecule has 0 N–H and O–H groups in total. The summed E-state index contributed by atoms with van der Waals surface area (Å²) < 4.78 is 6.06. The second kappa shape index (κ2) is 8.06. The van der Waals surface area contributed by atoms with Crippen LogP contribution >= 0.6 is 0 Å². The molecule has 1 aliphatic heterocycles. The predicted molar refractivity (Wildman–Crippen MR) is 141 cm³/mol. The summed E-state index contributed by atoms with van der Waals surface area (Å²) in [6.45, 7) is 0. The summed E-state index contributed by atoms with van der Waals surface area (Å²) in [5, 5.41) is 1.99. The number of nitrogens with zero attached hydrogens (tertiary/aromatic N) is 1. The van der Waals surface area contributed by atoms with Gasteiger partial charge in [-0.15, -0.1) is 0 Å². The molecule has 36 heavy (non-hydrogen) atoms. The van der Waals surface area contributed by atoms with E-state index in [4.69, 9.17) is 4.42 Å². The fraction of sp³-hybridized carbons (Fsp3) is 0.125. The number of carbonyl (C=O) groups is 2. The summed E-state index contributed by atoms with van der Waals surface area (Å²) in [7, 11) is 0. The molecule has 5 aromatic rings. The van der Waals surface area contributed by atoms with Gasteiger partial charge in [0, 0.05) is 28.7 Å².